The second-order valence-corrected chi connectivity index (χ2v) is 10.6. The van der Waals surface area contributed by atoms with Gasteiger partial charge in [-0.25, -0.2) is 18.7 Å². The number of aromatic nitrogens is 3. The highest BCUT2D eigenvalue weighted by molar-refractivity contribution is 5.90. The second-order valence-electron chi connectivity index (χ2n) is 10.6. The predicted molar refractivity (Wildman–Crippen MR) is 137 cm³/mol. The SMILES string of the molecule is CCc1cc(CCC2(C3CCCC3)CC(O)=C(Cc3nc4cc(C)cc(C)n4n3)C(=O)O2)cc(F)c1O. The van der Waals surface area contributed by atoms with E-state index in [2.05, 4.69) is 10.1 Å². The molecule has 0 spiro atoms. The van der Waals surface area contributed by atoms with Gasteiger partial charge in [0, 0.05) is 18.5 Å². The van der Waals surface area contributed by atoms with Crippen molar-refractivity contribution >= 4 is 11.6 Å². The number of rotatable bonds is 7. The Morgan fingerprint density at radius 2 is 1.92 bits per heavy atom. The van der Waals surface area contributed by atoms with Gasteiger partial charge in [-0.3, -0.25) is 0 Å². The molecule has 196 valence electrons. The van der Waals surface area contributed by atoms with E-state index in [4.69, 9.17) is 4.74 Å². The molecule has 1 aliphatic carbocycles. The van der Waals surface area contributed by atoms with Crippen LogP contribution in [0.2, 0.25) is 0 Å². The molecular formula is C29H34FN3O4. The topological polar surface area (TPSA) is 97.0 Å². The van der Waals surface area contributed by atoms with Gasteiger partial charge >= 0.3 is 5.97 Å². The average Bonchev–Trinajstić information content (AvgIpc) is 3.53. The van der Waals surface area contributed by atoms with E-state index < -0.39 is 17.4 Å². The number of pyridine rings is 1. The second kappa shape index (κ2) is 9.80. The molecule has 1 aliphatic heterocycles. The lowest BCUT2D eigenvalue weighted by Crippen LogP contribution is -2.46. The van der Waals surface area contributed by atoms with Gasteiger partial charge < -0.3 is 14.9 Å². The molecule has 1 atom stereocenters. The lowest BCUT2D eigenvalue weighted by molar-refractivity contribution is -0.167. The molecule has 3 heterocycles. The molecule has 1 unspecified atom stereocenters. The fraction of sp³-hybridized carbons (Fsp3) is 0.483. The van der Waals surface area contributed by atoms with E-state index in [9.17, 15) is 19.4 Å². The van der Waals surface area contributed by atoms with E-state index in [0.717, 1.165) is 42.5 Å². The standard InChI is InChI=1S/C29H34FN3O4/c1-4-20-13-19(14-23(30)27(20)35)9-10-29(21-7-5-6-8-21)16-24(34)22(28(36)37-29)15-25-31-26-12-17(2)11-18(3)33(26)32-25/h11-14,21,34-35H,4-10,15-16H2,1-3H3. The van der Waals surface area contributed by atoms with Crippen LogP contribution in [0.15, 0.2) is 35.6 Å². The number of benzene rings is 1. The number of ether oxygens (including phenoxy) is 1. The molecule has 5 rings (SSSR count). The highest BCUT2D eigenvalue weighted by Crippen LogP contribution is 2.46. The number of halogens is 1. The summed E-state index contributed by atoms with van der Waals surface area (Å²) in [4.78, 5) is 17.9. The maximum atomic E-state index is 14.3. The molecule has 0 saturated heterocycles. The first kappa shape index (κ1) is 25.2. The molecule has 37 heavy (non-hydrogen) atoms. The summed E-state index contributed by atoms with van der Waals surface area (Å²) in [5.74, 6) is -0.870. The maximum Gasteiger partial charge on any atom is 0.338 e. The molecule has 0 bridgehead atoms. The highest BCUT2D eigenvalue weighted by atomic mass is 19.1. The summed E-state index contributed by atoms with van der Waals surface area (Å²) in [7, 11) is 0. The Labute approximate surface area is 216 Å². The minimum Gasteiger partial charge on any atom is -0.512 e. The molecule has 1 aromatic carbocycles. The van der Waals surface area contributed by atoms with Gasteiger partial charge in [0.05, 0.1) is 5.57 Å². The highest BCUT2D eigenvalue weighted by Gasteiger charge is 2.48. The summed E-state index contributed by atoms with van der Waals surface area (Å²) < 4.78 is 22.2. The van der Waals surface area contributed by atoms with Crippen molar-refractivity contribution in [3.63, 3.8) is 0 Å². The van der Waals surface area contributed by atoms with Crippen LogP contribution in [-0.4, -0.2) is 36.4 Å². The smallest absolute Gasteiger partial charge is 0.338 e. The van der Waals surface area contributed by atoms with Crippen molar-refractivity contribution in [1.82, 2.24) is 14.6 Å². The van der Waals surface area contributed by atoms with Gasteiger partial charge in [-0.2, -0.15) is 5.10 Å². The van der Waals surface area contributed by atoms with Crippen LogP contribution in [0.5, 0.6) is 5.75 Å². The summed E-state index contributed by atoms with van der Waals surface area (Å²) in [6, 6.07) is 7.10. The van der Waals surface area contributed by atoms with E-state index in [1.54, 1.807) is 4.52 Å². The van der Waals surface area contributed by atoms with E-state index in [0.29, 0.717) is 36.3 Å². The third kappa shape index (κ3) is 4.81. The molecule has 3 aromatic rings. The molecule has 2 N–H and O–H groups in total. The van der Waals surface area contributed by atoms with Gasteiger partial charge in [0.15, 0.2) is 23.0 Å². The number of carbonyl (C=O) groups is 1. The van der Waals surface area contributed by atoms with Gasteiger partial charge in [-0.1, -0.05) is 25.8 Å². The van der Waals surface area contributed by atoms with Crippen LogP contribution in [0.4, 0.5) is 4.39 Å². The number of nitrogens with zero attached hydrogens (tertiary/aromatic N) is 3. The Morgan fingerprint density at radius 3 is 2.62 bits per heavy atom. The van der Waals surface area contributed by atoms with E-state index in [1.165, 1.54) is 6.07 Å². The fourth-order valence-electron chi connectivity index (χ4n) is 6.07. The number of hydrogen-bond acceptors (Lipinski definition) is 6. The van der Waals surface area contributed by atoms with Crippen molar-refractivity contribution in [2.24, 2.45) is 5.92 Å². The largest absolute Gasteiger partial charge is 0.512 e. The quantitative estimate of drug-likeness (QED) is 0.403. The number of phenolic OH excluding ortho intramolecular Hbond substituents is 1. The summed E-state index contributed by atoms with van der Waals surface area (Å²) in [5, 5.41) is 25.6. The molecule has 1 fully saturated rings. The van der Waals surface area contributed by atoms with Gasteiger partial charge in [0.2, 0.25) is 0 Å². The van der Waals surface area contributed by atoms with E-state index >= 15 is 0 Å². The van der Waals surface area contributed by atoms with Crippen molar-refractivity contribution in [2.75, 3.05) is 0 Å². The lowest BCUT2D eigenvalue weighted by Gasteiger charge is -2.41. The Balaban J connectivity index is 1.41. The van der Waals surface area contributed by atoms with Crippen LogP contribution in [-0.2, 0) is 28.8 Å². The Bertz CT molecular complexity index is 1390. The lowest BCUT2D eigenvalue weighted by atomic mass is 9.76. The fourth-order valence-corrected chi connectivity index (χ4v) is 6.07. The van der Waals surface area contributed by atoms with Crippen molar-refractivity contribution in [3.05, 3.63) is 69.6 Å². The monoisotopic (exact) mass is 507 g/mol. The molecule has 2 aliphatic rings. The number of phenols is 1. The number of hydrogen-bond donors (Lipinski definition) is 2. The van der Waals surface area contributed by atoms with Crippen LogP contribution in [0.25, 0.3) is 5.65 Å². The average molecular weight is 508 g/mol. The number of carbonyl (C=O) groups excluding carboxylic acids is 1. The number of aromatic hydroxyl groups is 1. The van der Waals surface area contributed by atoms with Gasteiger partial charge in [0.25, 0.3) is 0 Å². The number of aliphatic hydroxyl groups is 1. The zero-order valence-corrected chi connectivity index (χ0v) is 21.7. The minimum atomic E-state index is -0.845. The number of aryl methyl sites for hydroxylation is 4. The van der Waals surface area contributed by atoms with E-state index in [1.807, 2.05) is 39.0 Å². The van der Waals surface area contributed by atoms with Crippen molar-refractivity contribution in [1.29, 1.82) is 0 Å². The van der Waals surface area contributed by atoms with Gasteiger partial charge in [-0.05, 0) is 86.8 Å². The van der Waals surface area contributed by atoms with Crippen LogP contribution in [0, 0.1) is 25.6 Å². The van der Waals surface area contributed by atoms with Gasteiger partial charge in [0.1, 0.15) is 11.4 Å². The zero-order valence-electron chi connectivity index (χ0n) is 21.7. The van der Waals surface area contributed by atoms with E-state index in [-0.39, 0.29) is 35.8 Å². The van der Waals surface area contributed by atoms with Crippen LogP contribution < -0.4 is 0 Å². The van der Waals surface area contributed by atoms with Crippen LogP contribution in [0.3, 0.4) is 0 Å². The number of fused-ring (bicyclic) bond motifs is 1. The van der Waals surface area contributed by atoms with Crippen LogP contribution in [0.1, 0.15) is 73.7 Å². The maximum absolute atomic E-state index is 14.3. The summed E-state index contributed by atoms with van der Waals surface area (Å²) >= 11 is 0. The third-order valence-electron chi connectivity index (χ3n) is 8.01. The molecule has 7 nitrogen and oxygen atoms in total. The molecule has 0 amide bonds. The number of aliphatic hydroxyl groups excluding tert-OH is 1. The molecule has 8 heteroatoms. The molecule has 2 aromatic heterocycles. The van der Waals surface area contributed by atoms with Crippen molar-refractivity contribution in [2.45, 2.75) is 84.2 Å². The first-order valence-corrected chi connectivity index (χ1v) is 13.2. The number of cyclic esters (lactones) is 1. The molecule has 0 radical (unpaired) electrons. The predicted octanol–water partition coefficient (Wildman–Crippen LogP) is 5.62. The normalized spacial score (nSPS) is 20.7. The summed E-state index contributed by atoms with van der Waals surface area (Å²) in [6.45, 7) is 5.81. The minimum absolute atomic E-state index is 0.0287. The summed E-state index contributed by atoms with van der Waals surface area (Å²) in [5.41, 5.74) is 3.37. The van der Waals surface area contributed by atoms with Gasteiger partial charge in [-0.15, -0.1) is 0 Å². The Morgan fingerprint density at radius 1 is 1.16 bits per heavy atom. The Kier molecular flexibility index (Phi) is 6.68. The molecule has 1 saturated carbocycles. The van der Waals surface area contributed by atoms with Crippen molar-refractivity contribution in [3.8, 4) is 5.75 Å². The zero-order chi connectivity index (χ0) is 26.3. The third-order valence-corrected chi connectivity index (χ3v) is 8.01. The first-order chi connectivity index (χ1) is 17.7. The first-order valence-electron chi connectivity index (χ1n) is 13.2. The van der Waals surface area contributed by atoms with Crippen molar-refractivity contribution < 1.29 is 24.1 Å². The van der Waals surface area contributed by atoms with Crippen LogP contribution >= 0.6 is 0 Å². The number of esters is 1. The summed E-state index contributed by atoms with van der Waals surface area (Å²) in [6.07, 6.45) is 5.74. The Hall–Kier alpha value is -3.42. The molecular weight excluding hydrogens is 473 g/mol.